The highest BCUT2D eigenvalue weighted by molar-refractivity contribution is 6.09. The summed E-state index contributed by atoms with van der Waals surface area (Å²) < 4.78 is 0. The van der Waals surface area contributed by atoms with Crippen molar-refractivity contribution in [3.05, 3.63) is 71.7 Å². The average molecular weight is 457 g/mol. The van der Waals surface area contributed by atoms with E-state index in [9.17, 15) is 14.4 Å². The number of nitrogens with one attached hydrogen (secondary N) is 5. The highest BCUT2D eigenvalue weighted by Gasteiger charge is 2.28. The Kier molecular flexibility index (Phi) is 5.77. The summed E-state index contributed by atoms with van der Waals surface area (Å²) in [5, 5.41) is 16.1. The van der Waals surface area contributed by atoms with Crippen LogP contribution in [0.2, 0.25) is 0 Å². The molecular weight excluding hydrogens is 434 g/mol. The number of para-hydroxylation sites is 2. The Labute approximate surface area is 194 Å². The molecule has 172 valence electrons. The van der Waals surface area contributed by atoms with Crippen LogP contribution in [0.15, 0.2) is 54.7 Å². The largest absolute Gasteiger partial charge is 0.361 e. The quantitative estimate of drug-likeness (QED) is 0.290. The third kappa shape index (κ3) is 4.51. The molecule has 1 aliphatic rings. The lowest BCUT2D eigenvalue weighted by Gasteiger charge is -2.13. The minimum Gasteiger partial charge on any atom is -0.361 e. The van der Waals surface area contributed by atoms with Gasteiger partial charge in [-0.25, -0.2) is 0 Å². The van der Waals surface area contributed by atoms with Crippen LogP contribution in [0.25, 0.3) is 10.9 Å². The van der Waals surface area contributed by atoms with Gasteiger partial charge in [-0.3, -0.25) is 24.8 Å². The number of aromatic amines is 2. The number of aryl methyl sites for hydroxylation is 2. The predicted octanol–water partition coefficient (Wildman–Crippen LogP) is 2.54. The van der Waals surface area contributed by atoms with Crippen LogP contribution in [0.5, 0.6) is 0 Å². The Hall–Kier alpha value is -4.47. The normalized spacial score (nSPS) is 15.4. The molecule has 0 aliphatic carbocycles. The fraction of sp³-hybridized carbons (Fsp3) is 0.208. The molecule has 2 aromatic heterocycles. The lowest BCUT2D eigenvalue weighted by Crippen LogP contribution is -2.41. The highest BCUT2D eigenvalue weighted by Crippen LogP contribution is 2.20. The van der Waals surface area contributed by atoms with Gasteiger partial charge in [0.05, 0.1) is 11.3 Å². The second-order valence-electron chi connectivity index (χ2n) is 8.11. The van der Waals surface area contributed by atoms with E-state index in [1.54, 1.807) is 24.3 Å². The summed E-state index contributed by atoms with van der Waals surface area (Å²) in [6.07, 6.45) is 3.57. The Morgan fingerprint density at radius 2 is 1.85 bits per heavy atom. The zero-order valence-corrected chi connectivity index (χ0v) is 18.2. The Bertz CT molecular complexity index is 1370. The van der Waals surface area contributed by atoms with Gasteiger partial charge < -0.3 is 15.6 Å². The molecule has 2 aromatic carbocycles. The van der Waals surface area contributed by atoms with Crippen molar-refractivity contribution < 1.29 is 14.4 Å². The summed E-state index contributed by atoms with van der Waals surface area (Å²) in [7, 11) is 0. The maximum absolute atomic E-state index is 12.5. The number of carbonyl (C=O) groups is 3. The molecule has 3 heterocycles. The summed E-state index contributed by atoms with van der Waals surface area (Å²) in [4.78, 5) is 44.8. The average Bonchev–Trinajstić information content (AvgIpc) is 3.44. The number of carbonyl (C=O) groups excluding carboxylic acids is 3. The summed E-state index contributed by atoms with van der Waals surface area (Å²) in [5.41, 5.74) is 3.12. The topological polar surface area (TPSA) is 145 Å². The summed E-state index contributed by atoms with van der Waals surface area (Å²) in [6.45, 7) is 0. The fourth-order valence-electron chi connectivity index (χ4n) is 4.03. The van der Waals surface area contributed by atoms with Gasteiger partial charge in [0.15, 0.2) is 0 Å². The molecule has 3 amide bonds. The van der Waals surface area contributed by atoms with Gasteiger partial charge in [-0.1, -0.05) is 30.3 Å². The van der Waals surface area contributed by atoms with Crippen LogP contribution in [-0.4, -0.2) is 43.9 Å². The van der Waals surface area contributed by atoms with Crippen LogP contribution in [-0.2, 0) is 22.4 Å². The van der Waals surface area contributed by atoms with E-state index in [0.717, 1.165) is 11.9 Å². The number of amides is 3. The molecule has 4 aromatic rings. The van der Waals surface area contributed by atoms with Crippen LogP contribution < -0.4 is 16.0 Å². The summed E-state index contributed by atoms with van der Waals surface area (Å²) >= 11 is 0. The van der Waals surface area contributed by atoms with E-state index < -0.39 is 6.04 Å². The number of rotatable bonds is 7. The maximum atomic E-state index is 12.5. The van der Waals surface area contributed by atoms with Crippen LogP contribution in [0, 0.1) is 0 Å². The third-order valence-electron chi connectivity index (χ3n) is 5.80. The SMILES string of the molecule is O=C(CC[C@@H]1NC(=O)c2ccccc2NC1=O)Nc1n[nH]c(CCc2c[nH]c3ccccc23)n1. The molecule has 0 fully saturated rings. The van der Waals surface area contributed by atoms with Crippen molar-refractivity contribution in [3.8, 4) is 0 Å². The third-order valence-corrected chi connectivity index (χ3v) is 5.80. The molecule has 5 N–H and O–H groups in total. The molecule has 0 unspecified atom stereocenters. The second kappa shape index (κ2) is 9.18. The van der Waals surface area contributed by atoms with E-state index in [0.29, 0.717) is 23.5 Å². The Morgan fingerprint density at radius 3 is 2.76 bits per heavy atom. The van der Waals surface area contributed by atoms with Gasteiger partial charge in [0.25, 0.3) is 5.91 Å². The first kappa shape index (κ1) is 21.4. The van der Waals surface area contributed by atoms with Gasteiger partial charge in [-0.2, -0.15) is 4.98 Å². The molecule has 5 rings (SSSR count). The summed E-state index contributed by atoms with van der Waals surface area (Å²) in [5.74, 6) is -0.211. The number of nitrogens with zero attached hydrogens (tertiary/aromatic N) is 2. The molecule has 1 aliphatic heterocycles. The van der Waals surface area contributed by atoms with E-state index in [-0.39, 0.29) is 36.5 Å². The minimum atomic E-state index is -0.815. The van der Waals surface area contributed by atoms with Crippen molar-refractivity contribution in [2.45, 2.75) is 31.7 Å². The smallest absolute Gasteiger partial charge is 0.254 e. The van der Waals surface area contributed by atoms with Gasteiger partial charge in [0.2, 0.25) is 17.8 Å². The molecule has 34 heavy (non-hydrogen) atoms. The zero-order valence-electron chi connectivity index (χ0n) is 18.2. The number of hydrogen-bond acceptors (Lipinski definition) is 5. The van der Waals surface area contributed by atoms with Crippen molar-refractivity contribution >= 4 is 40.3 Å². The van der Waals surface area contributed by atoms with Crippen molar-refractivity contribution in [2.24, 2.45) is 0 Å². The Morgan fingerprint density at radius 1 is 1.03 bits per heavy atom. The first-order chi connectivity index (χ1) is 16.6. The molecule has 0 saturated carbocycles. The lowest BCUT2D eigenvalue weighted by molar-refractivity contribution is -0.118. The van der Waals surface area contributed by atoms with E-state index in [4.69, 9.17) is 0 Å². The number of H-pyrrole nitrogens is 2. The highest BCUT2D eigenvalue weighted by atomic mass is 16.2. The molecule has 0 saturated heterocycles. The number of aromatic nitrogens is 4. The van der Waals surface area contributed by atoms with Crippen LogP contribution in [0.1, 0.15) is 34.6 Å². The van der Waals surface area contributed by atoms with E-state index in [1.165, 1.54) is 10.9 Å². The number of fused-ring (bicyclic) bond motifs is 2. The predicted molar refractivity (Wildman–Crippen MR) is 126 cm³/mol. The van der Waals surface area contributed by atoms with Crippen molar-refractivity contribution in [2.75, 3.05) is 10.6 Å². The molecule has 0 bridgehead atoms. The van der Waals surface area contributed by atoms with E-state index in [1.807, 2.05) is 24.4 Å². The molecule has 1 atom stereocenters. The van der Waals surface area contributed by atoms with Crippen LogP contribution >= 0.6 is 0 Å². The van der Waals surface area contributed by atoms with Crippen LogP contribution in [0.3, 0.4) is 0 Å². The van der Waals surface area contributed by atoms with E-state index in [2.05, 4.69) is 42.2 Å². The van der Waals surface area contributed by atoms with Gasteiger partial charge in [0.1, 0.15) is 11.9 Å². The van der Waals surface area contributed by atoms with Gasteiger partial charge in [-0.15, -0.1) is 5.10 Å². The minimum absolute atomic E-state index is 0.0218. The lowest BCUT2D eigenvalue weighted by atomic mass is 10.1. The van der Waals surface area contributed by atoms with Gasteiger partial charge in [0, 0.05) is 29.9 Å². The van der Waals surface area contributed by atoms with E-state index >= 15 is 0 Å². The zero-order chi connectivity index (χ0) is 23.5. The first-order valence-corrected chi connectivity index (χ1v) is 11.0. The van der Waals surface area contributed by atoms with Crippen molar-refractivity contribution in [1.82, 2.24) is 25.5 Å². The second-order valence-corrected chi connectivity index (χ2v) is 8.11. The molecule has 10 heteroatoms. The van der Waals surface area contributed by atoms with Gasteiger partial charge >= 0.3 is 0 Å². The first-order valence-electron chi connectivity index (χ1n) is 11.0. The summed E-state index contributed by atoms with van der Waals surface area (Å²) in [6, 6.07) is 14.1. The Balaban J connectivity index is 1.13. The number of benzene rings is 2. The molecule has 0 radical (unpaired) electrons. The maximum Gasteiger partial charge on any atom is 0.254 e. The monoisotopic (exact) mass is 457 g/mol. The van der Waals surface area contributed by atoms with Crippen molar-refractivity contribution in [1.29, 1.82) is 0 Å². The van der Waals surface area contributed by atoms with Gasteiger partial charge in [-0.05, 0) is 36.6 Å². The molecule has 0 spiro atoms. The fourth-order valence-corrected chi connectivity index (χ4v) is 4.03. The molecule has 10 nitrogen and oxygen atoms in total. The molecular formula is C24H23N7O3. The van der Waals surface area contributed by atoms with Crippen LogP contribution in [0.4, 0.5) is 11.6 Å². The standard InChI is InChI=1S/C24H23N7O3/c32-21(12-10-19-23(34)26-18-8-4-2-6-16(18)22(33)27-19)29-24-28-20(30-31-24)11-9-14-13-25-17-7-3-1-5-15(14)17/h1-8,13,19,25H,9-12H2,(H,26,34)(H,27,33)(H2,28,29,30,31,32)/t19-/m0/s1. The number of hydrogen-bond donors (Lipinski definition) is 5. The number of anilines is 2. The van der Waals surface area contributed by atoms with Crippen molar-refractivity contribution in [3.63, 3.8) is 0 Å².